The Morgan fingerprint density at radius 3 is 2.71 bits per heavy atom. The van der Waals surface area contributed by atoms with Gasteiger partial charge in [-0.1, -0.05) is 5.16 Å². The van der Waals surface area contributed by atoms with E-state index in [0.29, 0.717) is 39.0 Å². The Hall–Kier alpha value is -2.75. The summed E-state index contributed by atoms with van der Waals surface area (Å²) in [6.07, 6.45) is 2.97. The van der Waals surface area contributed by atoms with E-state index in [-0.39, 0.29) is 24.3 Å². The van der Waals surface area contributed by atoms with E-state index in [1.807, 2.05) is 23.6 Å². The minimum absolute atomic E-state index is 0.0145. The number of aromatic nitrogens is 4. The van der Waals surface area contributed by atoms with Crippen LogP contribution in [-0.4, -0.2) is 74.9 Å². The summed E-state index contributed by atoms with van der Waals surface area (Å²) in [6, 6.07) is 0. The Morgan fingerprint density at radius 1 is 1.13 bits per heavy atom. The summed E-state index contributed by atoms with van der Waals surface area (Å²) in [5, 5.41) is 12.8. The molecule has 2 aliphatic heterocycles. The predicted octanol–water partition coefficient (Wildman–Crippen LogP) is 1.21. The lowest BCUT2D eigenvalue weighted by Gasteiger charge is -2.33. The van der Waals surface area contributed by atoms with E-state index >= 15 is 0 Å². The number of ether oxygens (including phenoxy) is 1. The third-order valence-corrected chi connectivity index (χ3v) is 6.31. The highest BCUT2D eigenvalue weighted by molar-refractivity contribution is 5.77. The number of rotatable bonds is 6. The Labute approximate surface area is 181 Å². The number of piperidine rings is 1. The molecule has 168 valence electrons. The summed E-state index contributed by atoms with van der Waals surface area (Å²) in [5.41, 5.74) is 1.86. The number of amides is 2. The molecule has 0 radical (unpaired) electrons. The van der Waals surface area contributed by atoms with E-state index in [1.54, 1.807) is 0 Å². The van der Waals surface area contributed by atoms with Crippen LogP contribution < -0.4 is 0 Å². The van der Waals surface area contributed by atoms with Gasteiger partial charge in [0.05, 0.1) is 12.2 Å². The van der Waals surface area contributed by atoms with Gasteiger partial charge < -0.3 is 23.6 Å². The van der Waals surface area contributed by atoms with Gasteiger partial charge in [0.2, 0.25) is 11.8 Å². The number of hydrogen-bond donors (Lipinski definition) is 0. The molecular weight excluding hydrogens is 400 g/mol. The molecule has 0 aromatic carbocycles. The van der Waals surface area contributed by atoms with Gasteiger partial charge in [0.15, 0.2) is 5.82 Å². The van der Waals surface area contributed by atoms with Crippen molar-refractivity contribution in [2.45, 2.75) is 58.5 Å². The van der Waals surface area contributed by atoms with Crippen LogP contribution in [0.5, 0.6) is 0 Å². The number of carbonyl (C=O) groups excluding carboxylic acids is 2. The molecule has 1 saturated heterocycles. The standard InChI is InChI=1S/C21H30N6O4/c1-14-17(15(2)31-24-14)6-7-19(28)26-9-10-27-18(12-26)22-23-21(27)16-5-4-8-25(11-16)20(29)13-30-3/h16H,4-13H2,1-3H3. The van der Waals surface area contributed by atoms with Crippen LogP contribution in [-0.2, 0) is 33.8 Å². The summed E-state index contributed by atoms with van der Waals surface area (Å²) in [4.78, 5) is 28.7. The molecule has 1 atom stereocenters. The lowest BCUT2D eigenvalue weighted by Crippen LogP contribution is -2.42. The van der Waals surface area contributed by atoms with Crippen molar-refractivity contribution in [2.75, 3.05) is 33.4 Å². The fourth-order valence-electron chi connectivity index (χ4n) is 4.57. The molecule has 2 aromatic heterocycles. The fourth-order valence-corrected chi connectivity index (χ4v) is 4.57. The number of carbonyl (C=O) groups is 2. The number of fused-ring (bicyclic) bond motifs is 1. The summed E-state index contributed by atoms with van der Waals surface area (Å²) < 4.78 is 12.3. The molecule has 2 aliphatic rings. The molecule has 1 fully saturated rings. The third kappa shape index (κ3) is 4.48. The maximum absolute atomic E-state index is 12.8. The molecule has 4 rings (SSSR count). The Morgan fingerprint density at radius 2 is 1.97 bits per heavy atom. The summed E-state index contributed by atoms with van der Waals surface area (Å²) >= 11 is 0. The smallest absolute Gasteiger partial charge is 0.248 e. The zero-order valence-corrected chi connectivity index (χ0v) is 18.5. The normalized spacial score (nSPS) is 18.9. The van der Waals surface area contributed by atoms with Crippen LogP contribution >= 0.6 is 0 Å². The molecule has 2 amide bonds. The molecule has 2 aromatic rings. The number of aryl methyl sites for hydroxylation is 2. The van der Waals surface area contributed by atoms with Crippen molar-refractivity contribution in [1.82, 2.24) is 29.7 Å². The van der Waals surface area contributed by atoms with Crippen molar-refractivity contribution in [3.63, 3.8) is 0 Å². The maximum atomic E-state index is 12.8. The SMILES string of the molecule is COCC(=O)N1CCCC(c2nnc3n2CCN(C(=O)CCc2c(C)noc2C)C3)C1. The average Bonchev–Trinajstić information content (AvgIpc) is 3.34. The van der Waals surface area contributed by atoms with Crippen molar-refractivity contribution in [2.24, 2.45) is 0 Å². The number of hydrogen-bond acceptors (Lipinski definition) is 7. The van der Waals surface area contributed by atoms with Crippen LogP contribution in [0, 0.1) is 13.8 Å². The van der Waals surface area contributed by atoms with Gasteiger partial charge in [-0.05, 0) is 33.1 Å². The molecule has 0 saturated carbocycles. The van der Waals surface area contributed by atoms with Crippen molar-refractivity contribution in [3.8, 4) is 0 Å². The van der Waals surface area contributed by atoms with Crippen LogP contribution in [0.2, 0.25) is 0 Å². The van der Waals surface area contributed by atoms with Gasteiger partial charge >= 0.3 is 0 Å². The van der Waals surface area contributed by atoms with Crippen molar-refractivity contribution < 1.29 is 18.8 Å². The molecule has 0 aliphatic carbocycles. The van der Waals surface area contributed by atoms with E-state index in [0.717, 1.165) is 48.1 Å². The van der Waals surface area contributed by atoms with E-state index < -0.39 is 0 Å². The average molecular weight is 431 g/mol. The molecule has 10 nitrogen and oxygen atoms in total. The lowest BCUT2D eigenvalue weighted by molar-refractivity contribution is -0.136. The second-order valence-corrected chi connectivity index (χ2v) is 8.36. The molecule has 4 heterocycles. The Kier molecular flexibility index (Phi) is 6.35. The summed E-state index contributed by atoms with van der Waals surface area (Å²) in [6.45, 7) is 7.06. The highest BCUT2D eigenvalue weighted by Gasteiger charge is 2.31. The zero-order valence-electron chi connectivity index (χ0n) is 18.5. The van der Waals surface area contributed by atoms with Gasteiger partial charge in [0, 0.05) is 51.2 Å². The minimum Gasteiger partial charge on any atom is -0.375 e. The first-order chi connectivity index (χ1) is 15.0. The monoisotopic (exact) mass is 430 g/mol. The fraction of sp³-hybridized carbons (Fsp3) is 0.667. The van der Waals surface area contributed by atoms with Crippen molar-refractivity contribution in [1.29, 1.82) is 0 Å². The molecule has 10 heteroatoms. The highest BCUT2D eigenvalue weighted by atomic mass is 16.5. The summed E-state index contributed by atoms with van der Waals surface area (Å²) in [7, 11) is 1.54. The van der Waals surface area contributed by atoms with Gasteiger partial charge in [-0.25, -0.2) is 0 Å². The zero-order chi connectivity index (χ0) is 22.0. The van der Waals surface area contributed by atoms with Crippen LogP contribution in [0.1, 0.15) is 53.8 Å². The molecule has 1 unspecified atom stereocenters. The van der Waals surface area contributed by atoms with Crippen LogP contribution in [0.4, 0.5) is 0 Å². The topological polar surface area (TPSA) is 107 Å². The van der Waals surface area contributed by atoms with E-state index in [4.69, 9.17) is 9.26 Å². The second kappa shape index (κ2) is 9.17. The van der Waals surface area contributed by atoms with Crippen LogP contribution in [0.15, 0.2) is 4.52 Å². The predicted molar refractivity (Wildman–Crippen MR) is 110 cm³/mol. The van der Waals surface area contributed by atoms with Crippen molar-refractivity contribution in [3.05, 3.63) is 28.7 Å². The highest BCUT2D eigenvalue weighted by Crippen LogP contribution is 2.28. The first-order valence-corrected chi connectivity index (χ1v) is 10.9. The number of likely N-dealkylation sites (tertiary alicyclic amines) is 1. The summed E-state index contributed by atoms with van der Waals surface area (Å²) in [5.74, 6) is 2.79. The second-order valence-electron chi connectivity index (χ2n) is 8.36. The quantitative estimate of drug-likeness (QED) is 0.678. The van der Waals surface area contributed by atoms with Crippen LogP contribution in [0.3, 0.4) is 0 Å². The van der Waals surface area contributed by atoms with E-state index in [9.17, 15) is 9.59 Å². The van der Waals surface area contributed by atoms with E-state index in [1.165, 1.54) is 7.11 Å². The van der Waals surface area contributed by atoms with Crippen molar-refractivity contribution >= 4 is 11.8 Å². The Bertz CT molecular complexity index is 932. The molecule has 0 N–H and O–H groups in total. The van der Waals surface area contributed by atoms with Gasteiger partial charge in [-0.15, -0.1) is 10.2 Å². The largest absolute Gasteiger partial charge is 0.375 e. The molecule has 0 spiro atoms. The first kappa shape index (κ1) is 21.5. The minimum atomic E-state index is 0.0145. The molecule has 0 bridgehead atoms. The van der Waals surface area contributed by atoms with Crippen LogP contribution in [0.25, 0.3) is 0 Å². The van der Waals surface area contributed by atoms with E-state index in [2.05, 4.69) is 19.9 Å². The molecule has 31 heavy (non-hydrogen) atoms. The number of nitrogens with zero attached hydrogens (tertiary/aromatic N) is 6. The molecular formula is C21H30N6O4. The lowest BCUT2D eigenvalue weighted by atomic mass is 9.97. The van der Waals surface area contributed by atoms with Gasteiger partial charge in [-0.3, -0.25) is 9.59 Å². The third-order valence-electron chi connectivity index (χ3n) is 6.31. The van der Waals surface area contributed by atoms with Gasteiger partial charge in [0.1, 0.15) is 18.2 Å². The number of methoxy groups -OCH3 is 1. The Balaban J connectivity index is 1.38. The van der Waals surface area contributed by atoms with Gasteiger partial charge in [0.25, 0.3) is 0 Å². The van der Waals surface area contributed by atoms with Gasteiger partial charge in [-0.2, -0.15) is 0 Å². The first-order valence-electron chi connectivity index (χ1n) is 10.9. The maximum Gasteiger partial charge on any atom is 0.248 e.